The lowest BCUT2D eigenvalue weighted by atomic mass is 10.2. The van der Waals surface area contributed by atoms with E-state index in [1.54, 1.807) is 32.4 Å². The van der Waals surface area contributed by atoms with Gasteiger partial charge in [0, 0.05) is 32.9 Å². The first-order chi connectivity index (χ1) is 13.2. The van der Waals surface area contributed by atoms with Crippen molar-refractivity contribution >= 4 is 15.9 Å². The summed E-state index contributed by atoms with van der Waals surface area (Å²) in [4.78, 5) is 16.9. The van der Waals surface area contributed by atoms with E-state index in [4.69, 9.17) is 4.74 Å². The van der Waals surface area contributed by atoms with Gasteiger partial charge in [-0.25, -0.2) is 13.4 Å². The molecule has 0 saturated heterocycles. The van der Waals surface area contributed by atoms with Crippen LogP contribution in [0.2, 0.25) is 0 Å². The quantitative estimate of drug-likeness (QED) is 0.736. The third kappa shape index (κ3) is 3.96. The molecule has 0 spiro atoms. The van der Waals surface area contributed by atoms with Crippen molar-refractivity contribution in [1.29, 1.82) is 0 Å². The summed E-state index contributed by atoms with van der Waals surface area (Å²) in [6, 6.07) is 4.84. The van der Waals surface area contributed by atoms with E-state index in [1.165, 1.54) is 4.31 Å². The molecule has 3 rings (SSSR count). The summed E-state index contributed by atoms with van der Waals surface area (Å²) >= 11 is 0. The molecule has 28 heavy (non-hydrogen) atoms. The fourth-order valence-corrected chi connectivity index (χ4v) is 5.26. The number of hydrogen-bond acceptors (Lipinski definition) is 5. The number of nitrogens with zero attached hydrogens (tertiary/aromatic N) is 3. The second-order valence-corrected chi connectivity index (χ2v) is 8.93. The smallest absolute Gasteiger partial charge is 0.271 e. The van der Waals surface area contributed by atoms with Gasteiger partial charge in [-0.1, -0.05) is 6.07 Å². The van der Waals surface area contributed by atoms with Gasteiger partial charge in [-0.05, 0) is 44.0 Å². The zero-order valence-corrected chi connectivity index (χ0v) is 17.4. The zero-order valence-electron chi connectivity index (χ0n) is 16.6. The van der Waals surface area contributed by atoms with Gasteiger partial charge < -0.3 is 14.6 Å². The predicted octanol–water partition coefficient (Wildman–Crippen LogP) is 1.64. The van der Waals surface area contributed by atoms with Crippen LogP contribution in [0.5, 0.6) is 0 Å². The van der Waals surface area contributed by atoms with Gasteiger partial charge in [0.2, 0.25) is 10.0 Å². The number of benzene rings is 1. The maximum absolute atomic E-state index is 13.2. The van der Waals surface area contributed by atoms with Crippen LogP contribution in [-0.2, 0) is 21.3 Å². The number of carbonyl (C=O) groups is 1. The molecule has 0 fully saturated rings. The lowest BCUT2D eigenvalue weighted by molar-refractivity contribution is 0.0932. The summed E-state index contributed by atoms with van der Waals surface area (Å²) in [6.07, 6.45) is 1.68. The summed E-state index contributed by atoms with van der Waals surface area (Å²) in [5.41, 5.74) is 2.09. The first kappa shape index (κ1) is 20.5. The van der Waals surface area contributed by atoms with Crippen molar-refractivity contribution in [2.24, 2.45) is 0 Å². The van der Waals surface area contributed by atoms with Gasteiger partial charge >= 0.3 is 0 Å². The van der Waals surface area contributed by atoms with Crippen LogP contribution in [0.3, 0.4) is 0 Å². The Balaban J connectivity index is 1.86. The second-order valence-electron chi connectivity index (χ2n) is 7.04. The Labute approximate surface area is 165 Å². The average Bonchev–Trinajstić information content (AvgIpc) is 3.06. The summed E-state index contributed by atoms with van der Waals surface area (Å²) in [5, 5.41) is 2.73. The topological polar surface area (TPSA) is 93.5 Å². The maximum atomic E-state index is 13.2. The third-order valence-electron chi connectivity index (χ3n) is 4.80. The Bertz CT molecular complexity index is 964. The zero-order chi connectivity index (χ0) is 20.5. The molecule has 1 aromatic heterocycles. The second kappa shape index (κ2) is 8.02. The van der Waals surface area contributed by atoms with E-state index in [1.807, 2.05) is 24.5 Å². The third-order valence-corrected chi connectivity index (χ3v) is 6.75. The molecular formula is C19H26N4O4S. The van der Waals surface area contributed by atoms with Crippen LogP contribution in [-0.4, -0.2) is 55.0 Å². The van der Waals surface area contributed by atoms with E-state index in [2.05, 4.69) is 10.3 Å². The van der Waals surface area contributed by atoms with Crippen LogP contribution in [0.25, 0.3) is 0 Å². The lowest BCUT2D eigenvalue weighted by Gasteiger charge is -2.32. The Morgan fingerprint density at radius 2 is 1.93 bits per heavy atom. The number of methoxy groups -OCH3 is 1. The number of nitrogens with one attached hydrogen (secondary N) is 1. The van der Waals surface area contributed by atoms with Crippen molar-refractivity contribution in [3.63, 3.8) is 0 Å². The molecule has 9 heteroatoms. The summed E-state index contributed by atoms with van der Waals surface area (Å²) < 4.78 is 34.7. The number of imidazole rings is 1. The highest BCUT2D eigenvalue weighted by atomic mass is 32.2. The summed E-state index contributed by atoms with van der Waals surface area (Å²) in [6.45, 7) is 7.13. The molecule has 2 aromatic rings. The minimum absolute atomic E-state index is 0.281. The van der Waals surface area contributed by atoms with E-state index in [0.717, 1.165) is 11.1 Å². The van der Waals surface area contributed by atoms with E-state index >= 15 is 0 Å². The lowest BCUT2D eigenvalue weighted by Crippen LogP contribution is -2.41. The fourth-order valence-electron chi connectivity index (χ4n) is 3.48. The van der Waals surface area contributed by atoms with E-state index in [-0.39, 0.29) is 16.5 Å². The molecule has 1 N–H and O–H groups in total. The molecule has 0 aliphatic carbocycles. The van der Waals surface area contributed by atoms with Gasteiger partial charge in [-0.15, -0.1) is 0 Å². The standard InChI is InChI=1S/C19H26N4O4S/c1-13-9-14(2)11-16(10-13)28(25,26)23-7-6-22-12-17(21-18(22)15(23)3)19(24)20-5-8-27-4/h9-12,15H,5-8H2,1-4H3,(H,20,24)/t15-/m1/s1. The van der Waals surface area contributed by atoms with Crippen LogP contribution in [0.4, 0.5) is 0 Å². The summed E-state index contributed by atoms with van der Waals surface area (Å²) in [7, 11) is -2.10. The van der Waals surface area contributed by atoms with Crippen molar-refractivity contribution in [2.45, 2.75) is 38.3 Å². The Hall–Kier alpha value is -2.23. The molecule has 0 radical (unpaired) electrons. The number of aromatic nitrogens is 2. The first-order valence-corrected chi connectivity index (χ1v) is 10.6. The number of amides is 1. The molecule has 0 bridgehead atoms. The van der Waals surface area contributed by atoms with E-state index < -0.39 is 16.1 Å². The fraction of sp³-hybridized carbons (Fsp3) is 0.474. The van der Waals surface area contributed by atoms with Gasteiger partial charge in [0.25, 0.3) is 5.91 Å². The van der Waals surface area contributed by atoms with E-state index in [9.17, 15) is 13.2 Å². The highest BCUT2D eigenvalue weighted by Crippen LogP contribution is 2.31. The summed E-state index contributed by atoms with van der Waals surface area (Å²) in [5.74, 6) is 0.269. The normalized spacial score (nSPS) is 17.4. The molecule has 152 valence electrons. The van der Waals surface area contributed by atoms with Crippen molar-refractivity contribution in [2.75, 3.05) is 26.8 Å². The van der Waals surface area contributed by atoms with Crippen LogP contribution < -0.4 is 5.32 Å². The van der Waals surface area contributed by atoms with Crippen molar-refractivity contribution in [3.8, 4) is 0 Å². The van der Waals surface area contributed by atoms with Crippen LogP contribution >= 0.6 is 0 Å². The monoisotopic (exact) mass is 406 g/mol. The van der Waals surface area contributed by atoms with Gasteiger partial charge in [-0.2, -0.15) is 4.31 Å². The Kier molecular flexibility index (Phi) is 5.87. The predicted molar refractivity (Wildman–Crippen MR) is 105 cm³/mol. The maximum Gasteiger partial charge on any atom is 0.271 e. The number of ether oxygens (including phenoxy) is 1. The Morgan fingerprint density at radius 1 is 1.25 bits per heavy atom. The highest BCUT2D eigenvalue weighted by molar-refractivity contribution is 7.89. The minimum Gasteiger partial charge on any atom is -0.383 e. The van der Waals surface area contributed by atoms with Crippen molar-refractivity contribution in [3.05, 3.63) is 47.0 Å². The van der Waals surface area contributed by atoms with Crippen molar-refractivity contribution < 1.29 is 17.9 Å². The average molecular weight is 407 g/mol. The van der Waals surface area contributed by atoms with Gasteiger partial charge in [0.15, 0.2) is 0 Å². The highest BCUT2D eigenvalue weighted by Gasteiger charge is 2.36. The van der Waals surface area contributed by atoms with Crippen molar-refractivity contribution in [1.82, 2.24) is 19.2 Å². The number of rotatable bonds is 6. The number of carbonyl (C=O) groups excluding carboxylic acids is 1. The van der Waals surface area contributed by atoms with Crippen LogP contribution in [0, 0.1) is 13.8 Å². The molecule has 1 amide bonds. The first-order valence-electron chi connectivity index (χ1n) is 9.18. The number of fused-ring (bicyclic) bond motifs is 1. The van der Waals surface area contributed by atoms with Gasteiger partial charge in [-0.3, -0.25) is 4.79 Å². The molecule has 0 saturated carbocycles. The molecule has 1 aliphatic rings. The minimum atomic E-state index is -3.66. The van der Waals surface area contributed by atoms with Crippen LogP contribution in [0.15, 0.2) is 29.3 Å². The Morgan fingerprint density at radius 3 is 2.57 bits per heavy atom. The van der Waals surface area contributed by atoms with Gasteiger partial charge in [0.1, 0.15) is 11.5 Å². The molecule has 2 heterocycles. The number of sulfonamides is 1. The molecule has 0 unspecified atom stereocenters. The largest absolute Gasteiger partial charge is 0.383 e. The van der Waals surface area contributed by atoms with Crippen LogP contribution in [0.1, 0.15) is 40.4 Å². The van der Waals surface area contributed by atoms with Gasteiger partial charge in [0.05, 0.1) is 17.5 Å². The van der Waals surface area contributed by atoms with E-state index in [0.29, 0.717) is 32.1 Å². The number of hydrogen-bond donors (Lipinski definition) is 1. The molecule has 1 aromatic carbocycles. The molecule has 8 nitrogen and oxygen atoms in total. The molecular weight excluding hydrogens is 380 g/mol. The molecule has 1 atom stereocenters. The number of aryl methyl sites for hydroxylation is 2. The SMILES string of the molecule is COCCNC(=O)c1cn2c(n1)[C@@H](C)N(S(=O)(=O)c1cc(C)cc(C)c1)CC2. The molecule has 1 aliphatic heterocycles.